The molecule has 2 heteroatoms. The molecule has 0 aromatic rings. The van der Waals surface area contributed by atoms with Crippen LogP contribution in [0.3, 0.4) is 0 Å². The second kappa shape index (κ2) is 8.10. The molecule has 2 atom stereocenters. The molecule has 2 unspecified atom stereocenters. The molecule has 1 saturated heterocycles. The van der Waals surface area contributed by atoms with Gasteiger partial charge in [0.05, 0.1) is 0 Å². The molecule has 2 nitrogen and oxygen atoms in total. The van der Waals surface area contributed by atoms with Gasteiger partial charge in [-0.3, -0.25) is 0 Å². The van der Waals surface area contributed by atoms with E-state index in [4.69, 9.17) is 0 Å². The zero-order valence-electron chi connectivity index (χ0n) is 12.3. The third-order valence-corrected chi connectivity index (χ3v) is 4.41. The zero-order valence-corrected chi connectivity index (χ0v) is 12.3. The number of nitrogens with one attached hydrogen (secondary N) is 1. The van der Waals surface area contributed by atoms with Crippen molar-refractivity contribution in [3.8, 4) is 0 Å². The van der Waals surface area contributed by atoms with Crippen molar-refractivity contribution in [3.63, 3.8) is 0 Å². The summed E-state index contributed by atoms with van der Waals surface area (Å²) in [6, 6.07) is 1.43. The maximum absolute atomic E-state index is 3.82. The molecule has 0 aromatic heterocycles. The molecular weight excluding hydrogens is 208 g/mol. The number of nitrogens with zero attached hydrogens (tertiary/aromatic N) is 1. The van der Waals surface area contributed by atoms with Crippen molar-refractivity contribution in [2.45, 2.75) is 71.9 Å². The van der Waals surface area contributed by atoms with E-state index in [2.05, 4.69) is 37.9 Å². The van der Waals surface area contributed by atoms with Crippen LogP contribution in [0.5, 0.6) is 0 Å². The Labute approximate surface area is 108 Å². The van der Waals surface area contributed by atoms with Gasteiger partial charge in [-0.05, 0) is 51.7 Å². The maximum atomic E-state index is 3.82. The molecule has 1 N–H and O–H groups in total. The van der Waals surface area contributed by atoms with Gasteiger partial charge in [0.25, 0.3) is 0 Å². The van der Waals surface area contributed by atoms with Crippen molar-refractivity contribution in [2.75, 3.05) is 19.6 Å². The van der Waals surface area contributed by atoms with Crippen molar-refractivity contribution in [1.82, 2.24) is 10.2 Å². The second-order valence-electron chi connectivity index (χ2n) is 5.81. The minimum atomic E-state index is 0.673. The molecule has 0 bridgehead atoms. The van der Waals surface area contributed by atoms with Crippen LogP contribution in [0.1, 0.15) is 59.8 Å². The lowest BCUT2D eigenvalue weighted by Crippen LogP contribution is -2.47. The summed E-state index contributed by atoms with van der Waals surface area (Å²) in [7, 11) is 0. The van der Waals surface area contributed by atoms with E-state index < -0.39 is 0 Å². The van der Waals surface area contributed by atoms with Gasteiger partial charge in [-0.25, -0.2) is 0 Å². The number of hydrogen-bond donors (Lipinski definition) is 1. The highest BCUT2D eigenvalue weighted by molar-refractivity contribution is 4.80. The molecule has 1 aliphatic heterocycles. The Morgan fingerprint density at radius 2 is 1.82 bits per heavy atom. The zero-order chi connectivity index (χ0) is 12.7. The summed E-state index contributed by atoms with van der Waals surface area (Å²) in [4.78, 5) is 2.63. The summed E-state index contributed by atoms with van der Waals surface area (Å²) >= 11 is 0. The van der Waals surface area contributed by atoms with Crippen molar-refractivity contribution in [2.24, 2.45) is 5.92 Å². The Morgan fingerprint density at radius 1 is 1.18 bits per heavy atom. The number of likely N-dealkylation sites (tertiary alicyclic amines) is 1. The number of hydrogen-bond acceptors (Lipinski definition) is 2. The minimum absolute atomic E-state index is 0.673. The van der Waals surface area contributed by atoms with Crippen LogP contribution >= 0.6 is 0 Å². The van der Waals surface area contributed by atoms with Crippen LogP contribution in [-0.2, 0) is 0 Å². The van der Waals surface area contributed by atoms with E-state index in [-0.39, 0.29) is 0 Å². The van der Waals surface area contributed by atoms with E-state index in [1.54, 1.807) is 0 Å². The molecule has 0 saturated carbocycles. The number of unbranched alkanes of at least 4 members (excludes halogenated alkanes) is 1. The summed E-state index contributed by atoms with van der Waals surface area (Å²) in [6.45, 7) is 13.2. The first kappa shape index (κ1) is 15.0. The smallest absolute Gasteiger partial charge is 0.00940 e. The summed E-state index contributed by atoms with van der Waals surface area (Å²) in [6.07, 6.45) is 6.64. The van der Waals surface area contributed by atoms with Crippen LogP contribution in [0.15, 0.2) is 0 Å². The van der Waals surface area contributed by atoms with Gasteiger partial charge in [-0.1, -0.05) is 33.6 Å². The Bertz CT molecular complexity index is 185. The fraction of sp³-hybridized carbons (Fsp3) is 1.00. The van der Waals surface area contributed by atoms with Crippen LogP contribution < -0.4 is 5.32 Å². The highest BCUT2D eigenvalue weighted by Crippen LogP contribution is 2.14. The molecule has 0 radical (unpaired) electrons. The number of rotatable bonds is 7. The van der Waals surface area contributed by atoms with Gasteiger partial charge >= 0.3 is 0 Å². The minimum Gasteiger partial charge on any atom is -0.311 e. The summed E-state index contributed by atoms with van der Waals surface area (Å²) < 4.78 is 0. The number of piperidine rings is 1. The van der Waals surface area contributed by atoms with E-state index in [1.165, 1.54) is 51.7 Å². The highest BCUT2D eigenvalue weighted by atomic mass is 15.1. The largest absolute Gasteiger partial charge is 0.311 e. The fourth-order valence-electron chi connectivity index (χ4n) is 2.59. The van der Waals surface area contributed by atoms with Crippen molar-refractivity contribution in [1.29, 1.82) is 0 Å². The van der Waals surface area contributed by atoms with Crippen LogP contribution in [0.2, 0.25) is 0 Å². The van der Waals surface area contributed by atoms with Crippen LogP contribution in [0.4, 0.5) is 0 Å². The Hall–Kier alpha value is -0.0800. The van der Waals surface area contributed by atoms with Crippen LogP contribution in [0, 0.1) is 5.92 Å². The molecule has 17 heavy (non-hydrogen) atoms. The molecule has 102 valence electrons. The highest BCUT2D eigenvalue weighted by Gasteiger charge is 2.21. The molecule has 0 spiro atoms. The molecule has 0 aliphatic carbocycles. The standard InChI is InChI=1S/C15H32N2/c1-5-7-10-17-11-8-15(9-12-17)16-14(4)13(3)6-2/h13-16H,5-12H2,1-4H3. The summed E-state index contributed by atoms with van der Waals surface area (Å²) in [5.41, 5.74) is 0. The molecular formula is C15H32N2. The lowest BCUT2D eigenvalue weighted by molar-refractivity contribution is 0.183. The maximum Gasteiger partial charge on any atom is 0.00940 e. The van der Waals surface area contributed by atoms with Gasteiger partial charge in [-0.2, -0.15) is 0 Å². The molecule has 1 aliphatic rings. The monoisotopic (exact) mass is 240 g/mol. The third-order valence-electron chi connectivity index (χ3n) is 4.41. The molecule has 1 heterocycles. The average molecular weight is 240 g/mol. The predicted octanol–water partition coefficient (Wildman–Crippen LogP) is 3.28. The van der Waals surface area contributed by atoms with Crippen LogP contribution in [-0.4, -0.2) is 36.6 Å². The van der Waals surface area contributed by atoms with Crippen molar-refractivity contribution < 1.29 is 0 Å². The summed E-state index contributed by atoms with van der Waals surface area (Å²) in [5, 5.41) is 3.82. The second-order valence-corrected chi connectivity index (χ2v) is 5.81. The molecule has 0 aromatic carbocycles. The Kier molecular flexibility index (Phi) is 7.14. The lowest BCUT2D eigenvalue weighted by atomic mass is 9.97. The van der Waals surface area contributed by atoms with Gasteiger partial charge in [0.1, 0.15) is 0 Å². The van der Waals surface area contributed by atoms with Crippen molar-refractivity contribution in [3.05, 3.63) is 0 Å². The van der Waals surface area contributed by atoms with E-state index in [0.717, 1.165) is 12.0 Å². The van der Waals surface area contributed by atoms with Gasteiger partial charge in [0.15, 0.2) is 0 Å². The quantitative estimate of drug-likeness (QED) is 0.735. The van der Waals surface area contributed by atoms with Crippen LogP contribution in [0.25, 0.3) is 0 Å². The first-order valence-electron chi connectivity index (χ1n) is 7.65. The predicted molar refractivity (Wildman–Crippen MR) is 76.4 cm³/mol. The molecule has 1 fully saturated rings. The van der Waals surface area contributed by atoms with Crippen molar-refractivity contribution >= 4 is 0 Å². The van der Waals surface area contributed by atoms with E-state index in [0.29, 0.717) is 6.04 Å². The molecule has 1 rings (SSSR count). The fourth-order valence-corrected chi connectivity index (χ4v) is 2.59. The van der Waals surface area contributed by atoms with E-state index >= 15 is 0 Å². The average Bonchev–Trinajstić information content (AvgIpc) is 2.37. The van der Waals surface area contributed by atoms with E-state index in [1.807, 2.05) is 0 Å². The Balaban J connectivity index is 2.18. The van der Waals surface area contributed by atoms with Gasteiger partial charge in [-0.15, -0.1) is 0 Å². The van der Waals surface area contributed by atoms with Gasteiger partial charge < -0.3 is 10.2 Å². The first-order chi connectivity index (χ1) is 8.17. The first-order valence-corrected chi connectivity index (χ1v) is 7.65. The normalized spacial score (nSPS) is 22.6. The molecule has 0 amide bonds. The SMILES string of the molecule is CCCCN1CCC(NC(C)C(C)CC)CC1. The Morgan fingerprint density at radius 3 is 2.35 bits per heavy atom. The lowest BCUT2D eigenvalue weighted by Gasteiger charge is -2.35. The van der Waals surface area contributed by atoms with E-state index in [9.17, 15) is 0 Å². The topological polar surface area (TPSA) is 15.3 Å². The van der Waals surface area contributed by atoms with Gasteiger partial charge in [0, 0.05) is 12.1 Å². The third kappa shape index (κ3) is 5.39. The summed E-state index contributed by atoms with van der Waals surface area (Å²) in [5.74, 6) is 0.799. The van der Waals surface area contributed by atoms with Gasteiger partial charge in [0.2, 0.25) is 0 Å².